The fourth-order valence-electron chi connectivity index (χ4n) is 3.56. The van der Waals surface area contributed by atoms with E-state index in [1.165, 1.54) is 11.3 Å². The zero-order chi connectivity index (χ0) is 19.5. The van der Waals surface area contributed by atoms with Crippen LogP contribution in [0.3, 0.4) is 0 Å². The Morgan fingerprint density at radius 3 is 2.71 bits per heavy atom. The number of nitrogens with one attached hydrogen (secondary N) is 1. The van der Waals surface area contributed by atoms with Crippen LogP contribution in [-0.4, -0.2) is 46.7 Å². The molecule has 3 aromatic rings. The second kappa shape index (κ2) is 8.26. The van der Waals surface area contributed by atoms with Crippen LogP contribution in [0.2, 0.25) is 0 Å². The van der Waals surface area contributed by atoms with Crippen LogP contribution in [0.25, 0.3) is 5.69 Å². The number of aromatic nitrogens is 2. The predicted octanol–water partition coefficient (Wildman–Crippen LogP) is 3.64. The van der Waals surface area contributed by atoms with E-state index in [1.807, 2.05) is 55.6 Å². The third-order valence-corrected chi connectivity index (χ3v) is 5.76. The average molecular weight is 397 g/mol. The number of thiazole rings is 1. The lowest BCUT2D eigenvalue weighted by Crippen LogP contribution is -2.35. The van der Waals surface area contributed by atoms with Gasteiger partial charge in [0.05, 0.1) is 24.5 Å². The summed E-state index contributed by atoms with van der Waals surface area (Å²) in [7, 11) is 0. The molecule has 1 aliphatic rings. The van der Waals surface area contributed by atoms with E-state index in [-0.39, 0.29) is 5.91 Å². The van der Waals surface area contributed by atoms with Gasteiger partial charge in [-0.2, -0.15) is 0 Å². The van der Waals surface area contributed by atoms with Crippen LogP contribution in [0.5, 0.6) is 0 Å². The van der Waals surface area contributed by atoms with E-state index in [2.05, 4.69) is 19.8 Å². The summed E-state index contributed by atoms with van der Waals surface area (Å²) in [6, 6.07) is 12.0. The molecule has 0 unspecified atom stereocenters. The average Bonchev–Trinajstić information content (AvgIpc) is 3.26. The molecule has 0 atom stereocenters. The van der Waals surface area contributed by atoms with Gasteiger partial charge in [-0.1, -0.05) is 18.2 Å². The number of aryl methyl sites for hydroxylation is 1. The second-order valence-corrected chi connectivity index (χ2v) is 7.80. The van der Waals surface area contributed by atoms with Crippen LogP contribution in [0.4, 0.5) is 5.13 Å². The topological polar surface area (TPSA) is 59.4 Å². The Morgan fingerprint density at radius 1 is 1.21 bits per heavy atom. The Balaban J connectivity index is 1.47. The van der Waals surface area contributed by atoms with Gasteiger partial charge in [-0.05, 0) is 32.0 Å². The van der Waals surface area contributed by atoms with Crippen molar-refractivity contribution >= 4 is 22.4 Å². The van der Waals surface area contributed by atoms with E-state index in [1.54, 1.807) is 0 Å². The minimum atomic E-state index is -0.123. The molecule has 146 valence electrons. The van der Waals surface area contributed by atoms with Crippen LogP contribution in [-0.2, 0) is 11.3 Å². The lowest BCUT2D eigenvalue weighted by molar-refractivity contribution is 0.0337. The van der Waals surface area contributed by atoms with Crippen LogP contribution in [0, 0.1) is 13.8 Å². The van der Waals surface area contributed by atoms with Gasteiger partial charge in [0.2, 0.25) is 0 Å². The molecular formula is C21H24N4O2S. The van der Waals surface area contributed by atoms with Crippen molar-refractivity contribution in [3.63, 3.8) is 0 Å². The van der Waals surface area contributed by atoms with Gasteiger partial charge in [-0.25, -0.2) is 4.98 Å². The highest BCUT2D eigenvalue weighted by molar-refractivity contribution is 7.14. The highest BCUT2D eigenvalue weighted by atomic mass is 32.1. The number of anilines is 1. The zero-order valence-electron chi connectivity index (χ0n) is 16.1. The standard InChI is InChI=1S/C21H24N4O2S/c1-15-12-19(16(2)25(15)18-6-4-3-5-7-18)20(26)23-21-22-17(14-28-21)13-24-8-10-27-11-9-24/h3-7,12,14H,8-11,13H2,1-2H3,(H,22,23,26). The Hall–Kier alpha value is -2.48. The number of ether oxygens (including phenoxy) is 1. The van der Waals surface area contributed by atoms with E-state index < -0.39 is 0 Å². The van der Waals surface area contributed by atoms with Crippen molar-refractivity contribution in [1.82, 2.24) is 14.5 Å². The quantitative estimate of drug-likeness (QED) is 0.715. The maximum Gasteiger partial charge on any atom is 0.259 e. The molecule has 0 saturated carbocycles. The summed E-state index contributed by atoms with van der Waals surface area (Å²) >= 11 is 1.47. The number of amides is 1. The zero-order valence-corrected chi connectivity index (χ0v) is 17.0. The van der Waals surface area contributed by atoms with Gasteiger partial charge in [0.1, 0.15) is 0 Å². The molecule has 1 aliphatic heterocycles. The molecule has 1 aromatic carbocycles. The third-order valence-electron chi connectivity index (χ3n) is 4.95. The Kier molecular flexibility index (Phi) is 5.57. The molecule has 1 N–H and O–H groups in total. The number of nitrogens with zero attached hydrogens (tertiary/aromatic N) is 3. The third kappa shape index (κ3) is 4.01. The molecule has 1 saturated heterocycles. The first kappa shape index (κ1) is 18.9. The van der Waals surface area contributed by atoms with Crippen LogP contribution in [0.15, 0.2) is 41.8 Å². The molecule has 0 aliphatic carbocycles. The van der Waals surface area contributed by atoms with Crippen LogP contribution < -0.4 is 5.32 Å². The van der Waals surface area contributed by atoms with Gasteiger partial charge in [0, 0.05) is 42.1 Å². The first-order chi connectivity index (χ1) is 13.6. The monoisotopic (exact) mass is 396 g/mol. The fourth-order valence-corrected chi connectivity index (χ4v) is 4.25. The number of carbonyl (C=O) groups is 1. The summed E-state index contributed by atoms with van der Waals surface area (Å²) in [5.74, 6) is -0.123. The number of hydrogen-bond donors (Lipinski definition) is 1. The van der Waals surface area contributed by atoms with E-state index in [0.29, 0.717) is 10.7 Å². The van der Waals surface area contributed by atoms with Crippen molar-refractivity contribution in [3.05, 3.63) is 64.4 Å². The van der Waals surface area contributed by atoms with Crippen LogP contribution >= 0.6 is 11.3 Å². The summed E-state index contributed by atoms with van der Waals surface area (Å²) in [4.78, 5) is 19.7. The number of carbonyl (C=O) groups excluding carboxylic acids is 1. The van der Waals surface area contributed by atoms with Crippen molar-refractivity contribution in [2.75, 3.05) is 31.6 Å². The molecule has 3 heterocycles. The Morgan fingerprint density at radius 2 is 1.96 bits per heavy atom. The minimum Gasteiger partial charge on any atom is -0.379 e. The molecule has 0 radical (unpaired) electrons. The number of hydrogen-bond acceptors (Lipinski definition) is 5. The summed E-state index contributed by atoms with van der Waals surface area (Å²) in [5, 5.41) is 5.61. The lowest BCUT2D eigenvalue weighted by atomic mass is 10.2. The largest absolute Gasteiger partial charge is 0.379 e. The van der Waals surface area contributed by atoms with Gasteiger partial charge in [-0.3, -0.25) is 15.0 Å². The molecule has 0 bridgehead atoms. The highest BCUT2D eigenvalue weighted by Gasteiger charge is 2.18. The first-order valence-corrected chi connectivity index (χ1v) is 10.3. The Bertz CT molecular complexity index is 958. The molecule has 1 amide bonds. The maximum atomic E-state index is 12.8. The first-order valence-electron chi connectivity index (χ1n) is 9.42. The van der Waals surface area contributed by atoms with Crippen molar-refractivity contribution in [1.29, 1.82) is 0 Å². The molecule has 7 heteroatoms. The SMILES string of the molecule is Cc1cc(C(=O)Nc2nc(CN3CCOCC3)cs2)c(C)n1-c1ccccc1. The fraction of sp³-hybridized carbons (Fsp3) is 0.333. The van der Waals surface area contributed by atoms with Crippen molar-refractivity contribution in [2.45, 2.75) is 20.4 Å². The van der Waals surface area contributed by atoms with Crippen molar-refractivity contribution in [2.24, 2.45) is 0 Å². The minimum absolute atomic E-state index is 0.123. The normalized spacial score (nSPS) is 14.9. The molecule has 6 nitrogen and oxygen atoms in total. The summed E-state index contributed by atoms with van der Waals surface area (Å²) in [5.41, 5.74) is 4.66. The molecule has 1 fully saturated rings. The van der Waals surface area contributed by atoms with Gasteiger partial charge in [0.15, 0.2) is 5.13 Å². The van der Waals surface area contributed by atoms with Gasteiger partial charge in [-0.15, -0.1) is 11.3 Å². The van der Waals surface area contributed by atoms with Gasteiger partial charge in [0.25, 0.3) is 5.91 Å². The van der Waals surface area contributed by atoms with E-state index in [9.17, 15) is 4.79 Å². The van der Waals surface area contributed by atoms with Gasteiger partial charge < -0.3 is 9.30 Å². The Labute approximate surface area is 168 Å². The van der Waals surface area contributed by atoms with Crippen molar-refractivity contribution < 1.29 is 9.53 Å². The summed E-state index contributed by atoms with van der Waals surface area (Å²) in [6.07, 6.45) is 0. The van der Waals surface area contributed by atoms with E-state index >= 15 is 0 Å². The number of morpholine rings is 1. The predicted molar refractivity (Wildman–Crippen MR) is 111 cm³/mol. The maximum absolute atomic E-state index is 12.8. The summed E-state index contributed by atoms with van der Waals surface area (Å²) in [6.45, 7) is 8.16. The number of rotatable bonds is 5. The molecule has 2 aromatic heterocycles. The lowest BCUT2D eigenvalue weighted by Gasteiger charge is -2.25. The van der Waals surface area contributed by atoms with Crippen LogP contribution in [0.1, 0.15) is 27.4 Å². The molecule has 4 rings (SSSR count). The second-order valence-electron chi connectivity index (χ2n) is 6.94. The van der Waals surface area contributed by atoms with Crippen molar-refractivity contribution in [3.8, 4) is 5.69 Å². The van der Waals surface area contributed by atoms with E-state index in [4.69, 9.17) is 4.74 Å². The molecule has 0 spiro atoms. The van der Waals surface area contributed by atoms with Gasteiger partial charge >= 0.3 is 0 Å². The van der Waals surface area contributed by atoms with E-state index in [0.717, 1.165) is 55.6 Å². The number of para-hydroxylation sites is 1. The molecular weight excluding hydrogens is 372 g/mol. The summed E-state index contributed by atoms with van der Waals surface area (Å²) < 4.78 is 7.48. The smallest absolute Gasteiger partial charge is 0.259 e. The molecule has 28 heavy (non-hydrogen) atoms. The highest BCUT2D eigenvalue weighted by Crippen LogP contribution is 2.23. The number of benzene rings is 1.